The predicted octanol–water partition coefficient (Wildman–Crippen LogP) is 5.81. The van der Waals surface area contributed by atoms with Crippen LogP contribution in [0.2, 0.25) is 0 Å². The molecule has 1 heterocycles. The molecule has 0 amide bonds. The highest BCUT2D eigenvalue weighted by Crippen LogP contribution is 2.24. The average molecular weight is 445 g/mol. The number of hydrogen-bond acceptors (Lipinski definition) is 5. The summed E-state index contributed by atoms with van der Waals surface area (Å²) in [5, 5.41) is 3.22. The van der Waals surface area contributed by atoms with Crippen molar-refractivity contribution in [2.75, 3.05) is 10.0 Å². The van der Waals surface area contributed by atoms with E-state index < -0.39 is 10.0 Å². The molecule has 0 fully saturated rings. The minimum Gasteiger partial charge on any atom is -0.340 e. The summed E-state index contributed by atoms with van der Waals surface area (Å²) in [7, 11) is -3.65. The number of nitrogens with zero attached hydrogens (tertiary/aromatic N) is 2. The molecule has 0 saturated carbocycles. The van der Waals surface area contributed by atoms with Gasteiger partial charge in [-0.25, -0.2) is 18.4 Å². The number of anilines is 3. The van der Waals surface area contributed by atoms with Gasteiger partial charge >= 0.3 is 0 Å². The SMILES string of the molecule is CC(C)c1ccc(S(=O)(=O)Nc2ccc(Nc3cc(-c4ccccc4)ncn3)cc2)cc1. The first kappa shape index (κ1) is 21.5. The standard InChI is InChI=1S/C25H24N4O2S/c1-18(2)19-8-14-23(15-9-19)32(30,31)29-22-12-10-21(11-13-22)28-25-16-24(26-17-27-25)20-6-4-3-5-7-20/h3-18,29H,1-2H3,(H,26,27,28). The summed E-state index contributed by atoms with van der Waals surface area (Å²) in [5.74, 6) is 0.996. The zero-order valence-corrected chi connectivity index (χ0v) is 18.7. The molecule has 2 N–H and O–H groups in total. The fourth-order valence-electron chi connectivity index (χ4n) is 3.21. The lowest BCUT2D eigenvalue weighted by Gasteiger charge is -2.11. The maximum absolute atomic E-state index is 12.7. The van der Waals surface area contributed by atoms with E-state index in [9.17, 15) is 8.42 Å². The van der Waals surface area contributed by atoms with Crippen molar-refractivity contribution in [3.8, 4) is 11.3 Å². The molecule has 0 saturated heterocycles. The highest BCUT2D eigenvalue weighted by atomic mass is 32.2. The minimum atomic E-state index is -3.65. The Bertz CT molecular complexity index is 1290. The van der Waals surface area contributed by atoms with Crippen LogP contribution in [-0.2, 0) is 10.0 Å². The Morgan fingerprint density at radius 1 is 0.781 bits per heavy atom. The van der Waals surface area contributed by atoms with Crippen LogP contribution in [0.1, 0.15) is 25.3 Å². The Labute approximate surface area is 188 Å². The largest absolute Gasteiger partial charge is 0.340 e. The first-order valence-electron chi connectivity index (χ1n) is 10.3. The van der Waals surface area contributed by atoms with E-state index in [1.54, 1.807) is 36.4 Å². The third-order valence-electron chi connectivity index (χ3n) is 5.00. The Hall–Kier alpha value is -3.71. The van der Waals surface area contributed by atoms with E-state index in [-0.39, 0.29) is 4.90 Å². The Balaban J connectivity index is 1.45. The second-order valence-corrected chi connectivity index (χ2v) is 9.37. The molecule has 1 aromatic heterocycles. The molecule has 32 heavy (non-hydrogen) atoms. The van der Waals surface area contributed by atoms with Crippen LogP contribution in [0.3, 0.4) is 0 Å². The summed E-state index contributed by atoms with van der Waals surface area (Å²) in [5.41, 5.74) is 4.18. The van der Waals surface area contributed by atoms with Crippen LogP contribution in [0.25, 0.3) is 11.3 Å². The summed E-state index contributed by atoms with van der Waals surface area (Å²) in [6.07, 6.45) is 1.51. The van der Waals surface area contributed by atoms with Gasteiger partial charge in [0.2, 0.25) is 0 Å². The summed E-state index contributed by atoms with van der Waals surface area (Å²) in [6, 6.07) is 25.7. The second-order valence-electron chi connectivity index (χ2n) is 7.69. The van der Waals surface area contributed by atoms with Crippen LogP contribution >= 0.6 is 0 Å². The van der Waals surface area contributed by atoms with Gasteiger partial charge in [0.15, 0.2) is 0 Å². The molecule has 0 atom stereocenters. The van der Waals surface area contributed by atoms with E-state index >= 15 is 0 Å². The average Bonchev–Trinajstić information content (AvgIpc) is 2.81. The minimum absolute atomic E-state index is 0.235. The smallest absolute Gasteiger partial charge is 0.261 e. The van der Waals surface area contributed by atoms with Gasteiger partial charge in [-0.3, -0.25) is 4.72 Å². The van der Waals surface area contributed by atoms with Crippen molar-refractivity contribution in [2.24, 2.45) is 0 Å². The van der Waals surface area contributed by atoms with Gasteiger partial charge in [-0.2, -0.15) is 0 Å². The summed E-state index contributed by atoms with van der Waals surface area (Å²) in [4.78, 5) is 8.82. The van der Waals surface area contributed by atoms with E-state index in [4.69, 9.17) is 0 Å². The van der Waals surface area contributed by atoms with Gasteiger partial charge in [-0.1, -0.05) is 56.3 Å². The van der Waals surface area contributed by atoms with Crippen molar-refractivity contribution < 1.29 is 8.42 Å². The lowest BCUT2D eigenvalue weighted by molar-refractivity contribution is 0.601. The number of aromatic nitrogens is 2. The van der Waals surface area contributed by atoms with E-state index in [2.05, 4.69) is 33.9 Å². The fraction of sp³-hybridized carbons (Fsp3) is 0.120. The van der Waals surface area contributed by atoms with Gasteiger partial charge in [-0.05, 0) is 47.9 Å². The molecule has 3 aromatic carbocycles. The van der Waals surface area contributed by atoms with Gasteiger partial charge in [0.05, 0.1) is 10.6 Å². The van der Waals surface area contributed by atoms with Crippen molar-refractivity contribution in [3.05, 3.63) is 96.8 Å². The monoisotopic (exact) mass is 444 g/mol. The van der Waals surface area contributed by atoms with Crippen molar-refractivity contribution in [1.29, 1.82) is 0 Å². The van der Waals surface area contributed by atoms with E-state index in [0.29, 0.717) is 17.4 Å². The molecule has 4 rings (SSSR count). The lowest BCUT2D eigenvalue weighted by atomic mass is 10.0. The number of rotatable bonds is 7. The Morgan fingerprint density at radius 2 is 1.44 bits per heavy atom. The third kappa shape index (κ3) is 5.12. The highest BCUT2D eigenvalue weighted by molar-refractivity contribution is 7.92. The number of nitrogens with one attached hydrogen (secondary N) is 2. The van der Waals surface area contributed by atoms with Crippen LogP contribution in [0.15, 0.2) is 96.2 Å². The van der Waals surface area contributed by atoms with Crippen molar-refractivity contribution in [3.63, 3.8) is 0 Å². The molecule has 4 aromatic rings. The molecule has 7 heteroatoms. The molecule has 0 aliphatic rings. The second kappa shape index (κ2) is 9.20. The van der Waals surface area contributed by atoms with Crippen molar-refractivity contribution in [1.82, 2.24) is 9.97 Å². The van der Waals surface area contributed by atoms with Gasteiger partial charge in [-0.15, -0.1) is 0 Å². The molecule has 0 aliphatic heterocycles. The zero-order chi connectivity index (χ0) is 22.6. The molecule has 0 bridgehead atoms. The van der Waals surface area contributed by atoms with Gasteiger partial charge in [0.25, 0.3) is 10.0 Å². The van der Waals surface area contributed by atoms with E-state index in [0.717, 1.165) is 22.5 Å². The molecule has 0 radical (unpaired) electrons. The number of sulfonamides is 1. The highest BCUT2D eigenvalue weighted by Gasteiger charge is 2.14. The molecular formula is C25H24N4O2S. The van der Waals surface area contributed by atoms with E-state index in [1.807, 2.05) is 48.5 Å². The van der Waals surface area contributed by atoms with E-state index in [1.165, 1.54) is 6.33 Å². The zero-order valence-electron chi connectivity index (χ0n) is 17.9. The quantitative estimate of drug-likeness (QED) is 0.376. The summed E-state index contributed by atoms with van der Waals surface area (Å²) in [6.45, 7) is 4.14. The molecular weight excluding hydrogens is 420 g/mol. The molecule has 0 unspecified atom stereocenters. The predicted molar refractivity (Wildman–Crippen MR) is 129 cm³/mol. The first-order chi connectivity index (χ1) is 15.4. The van der Waals surface area contributed by atoms with Gasteiger partial charge < -0.3 is 5.32 Å². The first-order valence-corrected chi connectivity index (χ1v) is 11.8. The summed E-state index contributed by atoms with van der Waals surface area (Å²) >= 11 is 0. The summed E-state index contributed by atoms with van der Waals surface area (Å²) < 4.78 is 28.0. The number of benzene rings is 3. The molecule has 0 spiro atoms. The maximum atomic E-state index is 12.7. The lowest BCUT2D eigenvalue weighted by Crippen LogP contribution is -2.13. The van der Waals surface area contributed by atoms with Gasteiger partial charge in [0.1, 0.15) is 12.1 Å². The number of hydrogen-bond donors (Lipinski definition) is 2. The molecule has 6 nitrogen and oxygen atoms in total. The third-order valence-corrected chi connectivity index (χ3v) is 6.40. The normalized spacial score (nSPS) is 11.3. The maximum Gasteiger partial charge on any atom is 0.261 e. The van der Waals surface area contributed by atoms with Crippen LogP contribution in [0, 0.1) is 0 Å². The van der Waals surface area contributed by atoms with Crippen LogP contribution in [0.5, 0.6) is 0 Å². The van der Waals surface area contributed by atoms with Crippen LogP contribution in [0.4, 0.5) is 17.2 Å². The van der Waals surface area contributed by atoms with Crippen LogP contribution in [-0.4, -0.2) is 18.4 Å². The van der Waals surface area contributed by atoms with Gasteiger partial charge in [0, 0.05) is 23.0 Å². The van der Waals surface area contributed by atoms with Crippen molar-refractivity contribution in [2.45, 2.75) is 24.7 Å². The molecule has 162 valence electrons. The van der Waals surface area contributed by atoms with Crippen LogP contribution < -0.4 is 10.0 Å². The Kier molecular flexibility index (Phi) is 6.18. The molecule has 0 aliphatic carbocycles. The fourth-order valence-corrected chi connectivity index (χ4v) is 4.27. The topological polar surface area (TPSA) is 84.0 Å². The Morgan fingerprint density at radius 3 is 2.09 bits per heavy atom. The van der Waals surface area contributed by atoms with Crippen molar-refractivity contribution >= 4 is 27.2 Å².